The quantitative estimate of drug-likeness (QED) is 0.775. The molecule has 0 radical (unpaired) electrons. The largest absolute Gasteiger partial charge is 0.497 e. The highest BCUT2D eigenvalue weighted by atomic mass is 32.1. The number of nitrogens with one attached hydrogen (secondary N) is 1. The van der Waals surface area contributed by atoms with Crippen LogP contribution in [0, 0.1) is 0 Å². The summed E-state index contributed by atoms with van der Waals surface area (Å²) >= 11 is 4.19. The maximum Gasteiger partial charge on any atom is 0.239 e. The second kappa shape index (κ2) is 4.57. The first kappa shape index (κ1) is 11.9. The van der Waals surface area contributed by atoms with Crippen molar-refractivity contribution in [2.75, 3.05) is 12.4 Å². The standard InChI is InChI=1S/C11H15NO2S/c1-11(2,15)10(13)12-8-5-4-6-9(7-8)14-3/h4-7,15H,1-3H3,(H,12,13). The highest BCUT2D eigenvalue weighted by molar-refractivity contribution is 7.82. The predicted octanol–water partition coefficient (Wildman–Crippen LogP) is 2.34. The van der Waals surface area contributed by atoms with Gasteiger partial charge < -0.3 is 10.1 Å². The van der Waals surface area contributed by atoms with Gasteiger partial charge in [0, 0.05) is 11.8 Å². The van der Waals surface area contributed by atoms with Gasteiger partial charge in [0.05, 0.1) is 11.9 Å². The van der Waals surface area contributed by atoms with Crippen LogP contribution in [0.3, 0.4) is 0 Å². The summed E-state index contributed by atoms with van der Waals surface area (Å²) in [4.78, 5) is 11.6. The summed E-state index contributed by atoms with van der Waals surface area (Å²) in [6, 6.07) is 7.21. The van der Waals surface area contributed by atoms with Crippen molar-refractivity contribution in [3.63, 3.8) is 0 Å². The molecule has 0 aromatic heterocycles. The second-order valence-corrected chi connectivity index (χ2v) is 4.86. The van der Waals surface area contributed by atoms with E-state index in [1.807, 2.05) is 12.1 Å². The van der Waals surface area contributed by atoms with Crippen LogP contribution < -0.4 is 10.1 Å². The van der Waals surface area contributed by atoms with Crippen LogP contribution in [-0.2, 0) is 4.79 Å². The van der Waals surface area contributed by atoms with E-state index in [1.54, 1.807) is 33.1 Å². The molecule has 1 N–H and O–H groups in total. The lowest BCUT2D eigenvalue weighted by molar-refractivity contribution is -0.117. The van der Waals surface area contributed by atoms with Gasteiger partial charge in [-0.1, -0.05) is 6.07 Å². The van der Waals surface area contributed by atoms with Crippen molar-refractivity contribution >= 4 is 24.2 Å². The van der Waals surface area contributed by atoms with Gasteiger partial charge in [-0.05, 0) is 26.0 Å². The molecule has 3 nitrogen and oxygen atoms in total. The lowest BCUT2D eigenvalue weighted by Crippen LogP contribution is -2.31. The first-order valence-corrected chi connectivity index (χ1v) is 5.06. The van der Waals surface area contributed by atoms with Crippen LogP contribution in [0.4, 0.5) is 5.69 Å². The molecule has 0 heterocycles. The van der Waals surface area contributed by atoms with E-state index in [-0.39, 0.29) is 5.91 Å². The normalized spacial score (nSPS) is 10.9. The molecule has 0 saturated carbocycles. The van der Waals surface area contributed by atoms with E-state index in [0.717, 1.165) is 0 Å². The van der Waals surface area contributed by atoms with E-state index in [4.69, 9.17) is 4.74 Å². The molecule has 0 atom stereocenters. The summed E-state index contributed by atoms with van der Waals surface area (Å²) in [5.41, 5.74) is 0.710. The molecule has 0 fully saturated rings. The lowest BCUT2D eigenvalue weighted by atomic mass is 10.2. The van der Waals surface area contributed by atoms with Crippen molar-refractivity contribution in [3.05, 3.63) is 24.3 Å². The molecule has 1 aromatic rings. The molecule has 0 aliphatic heterocycles. The van der Waals surface area contributed by atoms with Gasteiger partial charge in [-0.2, -0.15) is 12.6 Å². The molecule has 1 aromatic carbocycles. The lowest BCUT2D eigenvalue weighted by Gasteiger charge is -2.16. The summed E-state index contributed by atoms with van der Waals surface area (Å²) < 4.78 is 4.36. The summed E-state index contributed by atoms with van der Waals surface area (Å²) in [6.45, 7) is 3.48. The van der Waals surface area contributed by atoms with Crippen molar-refractivity contribution in [1.29, 1.82) is 0 Å². The maximum absolute atomic E-state index is 11.6. The first-order valence-electron chi connectivity index (χ1n) is 4.61. The van der Waals surface area contributed by atoms with Crippen LogP contribution in [-0.4, -0.2) is 17.8 Å². The number of methoxy groups -OCH3 is 1. The summed E-state index contributed by atoms with van der Waals surface area (Å²) in [5.74, 6) is 0.573. The zero-order valence-electron chi connectivity index (χ0n) is 9.07. The van der Waals surface area contributed by atoms with Gasteiger partial charge in [0.1, 0.15) is 5.75 Å². The van der Waals surface area contributed by atoms with E-state index in [1.165, 1.54) is 0 Å². The van der Waals surface area contributed by atoms with Gasteiger partial charge >= 0.3 is 0 Å². The number of thiol groups is 1. The molecule has 4 heteroatoms. The van der Waals surface area contributed by atoms with E-state index in [2.05, 4.69) is 17.9 Å². The Balaban J connectivity index is 2.77. The minimum absolute atomic E-state index is 0.140. The van der Waals surface area contributed by atoms with Crippen LogP contribution >= 0.6 is 12.6 Å². The van der Waals surface area contributed by atoms with E-state index in [9.17, 15) is 4.79 Å². The highest BCUT2D eigenvalue weighted by Crippen LogP contribution is 2.19. The molecule has 0 unspecified atom stereocenters. The van der Waals surface area contributed by atoms with Crippen LogP contribution in [0.5, 0.6) is 5.75 Å². The van der Waals surface area contributed by atoms with E-state index < -0.39 is 4.75 Å². The van der Waals surface area contributed by atoms with Crippen LogP contribution in [0.2, 0.25) is 0 Å². The van der Waals surface area contributed by atoms with Gasteiger partial charge in [-0.25, -0.2) is 0 Å². The fourth-order valence-electron chi connectivity index (χ4n) is 0.985. The van der Waals surface area contributed by atoms with Crippen molar-refractivity contribution in [2.45, 2.75) is 18.6 Å². The molecular weight excluding hydrogens is 210 g/mol. The molecule has 0 saturated heterocycles. The minimum Gasteiger partial charge on any atom is -0.497 e. The Morgan fingerprint density at radius 1 is 1.47 bits per heavy atom. The molecule has 0 bridgehead atoms. The molecular formula is C11H15NO2S. The Bertz CT molecular complexity index is 358. The van der Waals surface area contributed by atoms with E-state index >= 15 is 0 Å². The summed E-state index contributed by atoms with van der Waals surface area (Å²) in [6.07, 6.45) is 0. The third-order valence-electron chi connectivity index (χ3n) is 1.88. The fourth-order valence-corrected chi connectivity index (χ4v) is 1.04. The van der Waals surface area contributed by atoms with Crippen LogP contribution in [0.15, 0.2) is 24.3 Å². The van der Waals surface area contributed by atoms with Crippen molar-refractivity contribution < 1.29 is 9.53 Å². The number of hydrogen-bond acceptors (Lipinski definition) is 3. The third kappa shape index (κ3) is 3.47. The third-order valence-corrected chi connectivity index (χ3v) is 2.09. The van der Waals surface area contributed by atoms with E-state index in [0.29, 0.717) is 11.4 Å². The Labute approximate surface area is 95.2 Å². The highest BCUT2D eigenvalue weighted by Gasteiger charge is 2.22. The monoisotopic (exact) mass is 225 g/mol. The Morgan fingerprint density at radius 2 is 2.13 bits per heavy atom. The molecule has 15 heavy (non-hydrogen) atoms. The van der Waals surface area contributed by atoms with Gasteiger partial charge in [0.25, 0.3) is 0 Å². The topological polar surface area (TPSA) is 38.3 Å². The number of carbonyl (C=O) groups is 1. The maximum atomic E-state index is 11.6. The smallest absolute Gasteiger partial charge is 0.239 e. The first-order chi connectivity index (χ1) is 6.93. The molecule has 1 rings (SSSR count). The number of hydrogen-bond donors (Lipinski definition) is 2. The molecule has 0 aliphatic rings. The SMILES string of the molecule is COc1cccc(NC(=O)C(C)(C)S)c1. The zero-order chi connectivity index (χ0) is 11.5. The number of amides is 1. The van der Waals surface area contributed by atoms with Gasteiger partial charge in [0.2, 0.25) is 5.91 Å². The number of anilines is 1. The van der Waals surface area contributed by atoms with Gasteiger partial charge in [0.15, 0.2) is 0 Å². The minimum atomic E-state index is -0.691. The number of carbonyl (C=O) groups excluding carboxylic acids is 1. The van der Waals surface area contributed by atoms with Crippen molar-refractivity contribution in [1.82, 2.24) is 0 Å². The summed E-state index contributed by atoms with van der Waals surface area (Å²) in [5, 5.41) is 2.76. The Kier molecular flexibility index (Phi) is 3.63. The molecule has 82 valence electrons. The molecule has 1 amide bonds. The van der Waals surface area contributed by atoms with Crippen molar-refractivity contribution in [2.24, 2.45) is 0 Å². The predicted molar refractivity (Wildman–Crippen MR) is 64.7 cm³/mol. The van der Waals surface area contributed by atoms with Crippen LogP contribution in [0.1, 0.15) is 13.8 Å². The Morgan fingerprint density at radius 3 is 2.67 bits per heavy atom. The number of rotatable bonds is 3. The van der Waals surface area contributed by atoms with Crippen molar-refractivity contribution in [3.8, 4) is 5.75 Å². The summed E-state index contributed by atoms with van der Waals surface area (Å²) in [7, 11) is 1.59. The molecule has 0 spiro atoms. The van der Waals surface area contributed by atoms with Gasteiger partial charge in [-0.3, -0.25) is 4.79 Å². The number of benzene rings is 1. The fraction of sp³-hybridized carbons (Fsp3) is 0.364. The van der Waals surface area contributed by atoms with Gasteiger partial charge in [-0.15, -0.1) is 0 Å². The van der Waals surface area contributed by atoms with Crippen LogP contribution in [0.25, 0.3) is 0 Å². The molecule has 0 aliphatic carbocycles. The number of ether oxygens (including phenoxy) is 1. The Hall–Kier alpha value is -1.16. The second-order valence-electron chi connectivity index (χ2n) is 3.75. The average molecular weight is 225 g/mol. The average Bonchev–Trinajstić information content (AvgIpc) is 2.16. The zero-order valence-corrected chi connectivity index (χ0v) is 9.97.